The predicted molar refractivity (Wildman–Crippen MR) is 66.7 cm³/mol. The summed E-state index contributed by atoms with van der Waals surface area (Å²) < 4.78 is 38.4. The molecule has 98 valence electrons. The van der Waals surface area contributed by atoms with E-state index in [-0.39, 0.29) is 4.77 Å². The molecule has 2 aromatic rings. The first-order chi connectivity index (χ1) is 8.29. The van der Waals surface area contributed by atoms with E-state index in [1.165, 1.54) is 18.3 Å². The van der Waals surface area contributed by atoms with E-state index in [0.717, 1.165) is 4.57 Å². The molecule has 0 saturated heterocycles. The van der Waals surface area contributed by atoms with Gasteiger partial charge in [0.25, 0.3) is 5.56 Å². The lowest BCUT2D eigenvalue weighted by molar-refractivity contribution is -0.141. The van der Waals surface area contributed by atoms with Gasteiger partial charge in [-0.1, -0.05) is 0 Å². The molecule has 0 aliphatic heterocycles. The normalized spacial score (nSPS) is 14.0. The summed E-state index contributed by atoms with van der Waals surface area (Å²) in [4.78, 5) is 14.8. The number of nitrogens with zero attached hydrogens (tertiary/aromatic N) is 1. The Morgan fingerprint density at radius 2 is 2.22 bits per heavy atom. The second kappa shape index (κ2) is 4.51. The van der Waals surface area contributed by atoms with Crippen LogP contribution in [0.3, 0.4) is 0 Å². The topological polar surface area (TPSA) is 37.8 Å². The molecule has 1 N–H and O–H groups in total. The molecule has 1 unspecified atom stereocenters. The number of nitrogens with one attached hydrogen (secondary N) is 1. The van der Waals surface area contributed by atoms with Crippen LogP contribution >= 0.6 is 23.6 Å². The minimum absolute atomic E-state index is 0.0163. The van der Waals surface area contributed by atoms with E-state index in [4.69, 9.17) is 12.2 Å². The van der Waals surface area contributed by atoms with Gasteiger partial charge in [0, 0.05) is 6.04 Å². The third kappa shape index (κ3) is 2.49. The molecule has 0 aliphatic rings. The molecule has 1 atom stereocenters. The molecular weight excluding hydrogens is 285 g/mol. The average Bonchev–Trinajstić information content (AvgIpc) is 2.62. The summed E-state index contributed by atoms with van der Waals surface area (Å²) >= 11 is 6.12. The molecule has 0 fully saturated rings. The van der Waals surface area contributed by atoms with Crippen LogP contribution in [0.4, 0.5) is 13.2 Å². The number of hydrogen-bond donors (Lipinski definition) is 1. The maximum atomic E-state index is 12.4. The number of rotatable bonds is 2. The summed E-state index contributed by atoms with van der Waals surface area (Å²) in [6.07, 6.45) is -5.41. The number of aromatic amines is 1. The molecule has 0 bridgehead atoms. The maximum absolute atomic E-state index is 12.4. The SMILES string of the molecule is CC(CC(F)(F)F)n1c(=S)[nH]c2ccsc2c1=O. The van der Waals surface area contributed by atoms with E-state index < -0.39 is 24.2 Å². The molecule has 8 heteroatoms. The number of thiophene rings is 1. The average molecular weight is 294 g/mol. The molecule has 18 heavy (non-hydrogen) atoms. The zero-order valence-corrected chi connectivity index (χ0v) is 10.9. The van der Waals surface area contributed by atoms with Crippen molar-refractivity contribution >= 4 is 33.8 Å². The predicted octanol–water partition coefficient (Wildman–Crippen LogP) is 3.63. The summed E-state index contributed by atoms with van der Waals surface area (Å²) in [5, 5.41) is 1.69. The van der Waals surface area contributed by atoms with Gasteiger partial charge < -0.3 is 4.98 Å². The first-order valence-electron chi connectivity index (χ1n) is 5.08. The van der Waals surface area contributed by atoms with E-state index in [2.05, 4.69) is 4.98 Å². The first-order valence-corrected chi connectivity index (χ1v) is 6.37. The zero-order chi connectivity index (χ0) is 13.5. The van der Waals surface area contributed by atoms with Gasteiger partial charge in [-0.3, -0.25) is 9.36 Å². The Hall–Kier alpha value is -1.15. The lowest BCUT2D eigenvalue weighted by Gasteiger charge is -2.16. The number of H-pyrrole nitrogens is 1. The van der Waals surface area contributed by atoms with Gasteiger partial charge in [-0.25, -0.2) is 0 Å². The Labute approximate surface area is 109 Å². The first kappa shape index (κ1) is 13.3. The van der Waals surface area contributed by atoms with Gasteiger partial charge in [-0.2, -0.15) is 13.2 Å². The summed E-state index contributed by atoms with van der Waals surface area (Å²) in [6, 6.07) is 0.656. The van der Waals surface area contributed by atoms with E-state index in [1.54, 1.807) is 11.4 Å². The smallest absolute Gasteiger partial charge is 0.331 e. The fourth-order valence-electron chi connectivity index (χ4n) is 1.78. The Bertz CT molecular complexity index is 683. The highest BCUT2D eigenvalue weighted by molar-refractivity contribution is 7.71. The fourth-order valence-corrected chi connectivity index (χ4v) is 2.94. The van der Waals surface area contributed by atoms with Crippen molar-refractivity contribution in [3.05, 3.63) is 26.6 Å². The van der Waals surface area contributed by atoms with Gasteiger partial charge in [0.05, 0.1) is 11.9 Å². The molecule has 0 aliphatic carbocycles. The van der Waals surface area contributed by atoms with E-state index in [0.29, 0.717) is 10.2 Å². The lowest BCUT2D eigenvalue weighted by atomic mass is 10.2. The van der Waals surface area contributed by atoms with Crippen LogP contribution in [0.2, 0.25) is 0 Å². The summed E-state index contributed by atoms with van der Waals surface area (Å²) in [7, 11) is 0. The van der Waals surface area contributed by atoms with Crippen molar-refractivity contribution in [2.45, 2.75) is 25.6 Å². The van der Waals surface area contributed by atoms with Gasteiger partial charge >= 0.3 is 6.18 Å². The third-order valence-electron chi connectivity index (χ3n) is 2.51. The monoisotopic (exact) mass is 294 g/mol. The van der Waals surface area contributed by atoms with Crippen molar-refractivity contribution in [3.63, 3.8) is 0 Å². The Morgan fingerprint density at radius 1 is 1.56 bits per heavy atom. The summed E-state index contributed by atoms with van der Waals surface area (Å²) in [5.41, 5.74) is 0.0889. The highest BCUT2D eigenvalue weighted by atomic mass is 32.1. The summed E-state index contributed by atoms with van der Waals surface area (Å²) in [5.74, 6) is 0. The van der Waals surface area contributed by atoms with Crippen LogP contribution in [-0.4, -0.2) is 15.7 Å². The molecule has 0 saturated carbocycles. The van der Waals surface area contributed by atoms with Crippen LogP contribution in [0.1, 0.15) is 19.4 Å². The van der Waals surface area contributed by atoms with Crippen molar-refractivity contribution in [3.8, 4) is 0 Å². The van der Waals surface area contributed by atoms with E-state index >= 15 is 0 Å². The third-order valence-corrected chi connectivity index (χ3v) is 3.71. The molecule has 0 aromatic carbocycles. The molecule has 3 nitrogen and oxygen atoms in total. The molecule has 2 aromatic heterocycles. The molecular formula is C10H9F3N2OS2. The number of halogens is 3. The molecule has 2 rings (SSSR count). The Kier molecular flexibility index (Phi) is 3.33. The van der Waals surface area contributed by atoms with Gasteiger partial charge in [-0.05, 0) is 30.6 Å². The maximum Gasteiger partial charge on any atom is 0.391 e. The van der Waals surface area contributed by atoms with Crippen molar-refractivity contribution < 1.29 is 13.2 Å². The van der Waals surface area contributed by atoms with Crippen LogP contribution in [0, 0.1) is 4.77 Å². The minimum Gasteiger partial charge on any atom is -0.331 e. The van der Waals surface area contributed by atoms with E-state index in [1.807, 2.05) is 0 Å². The fraction of sp³-hybridized carbons (Fsp3) is 0.400. The van der Waals surface area contributed by atoms with Crippen molar-refractivity contribution in [2.75, 3.05) is 0 Å². The molecule has 0 amide bonds. The minimum atomic E-state index is -4.33. The Morgan fingerprint density at radius 3 is 2.83 bits per heavy atom. The van der Waals surface area contributed by atoms with Crippen LogP contribution < -0.4 is 5.56 Å². The largest absolute Gasteiger partial charge is 0.391 e. The molecule has 0 radical (unpaired) electrons. The van der Waals surface area contributed by atoms with Gasteiger partial charge in [0.2, 0.25) is 0 Å². The number of aromatic nitrogens is 2. The zero-order valence-electron chi connectivity index (χ0n) is 9.25. The highest BCUT2D eigenvalue weighted by Crippen LogP contribution is 2.27. The van der Waals surface area contributed by atoms with Crippen molar-refractivity contribution in [1.29, 1.82) is 0 Å². The van der Waals surface area contributed by atoms with Crippen LogP contribution in [0.15, 0.2) is 16.2 Å². The van der Waals surface area contributed by atoms with Crippen LogP contribution in [-0.2, 0) is 0 Å². The highest BCUT2D eigenvalue weighted by Gasteiger charge is 2.31. The number of fused-ring (bicyclic) bond motifs is 1. The standard InChI is InChI=1S/C10H9F3N2OS2/c1-5(4-10(11,12)13)15-8(16)7-6(2-3-18-7)14-9(15)17/h2-3,5H,4H2,1H3,(H,14,17). The summed E-state index contributed by atoms with van der Waals surface area (Å²) in [6.45, 7) is 1.33. The molecule has 0 spiro atoms. The second-order valence-electron chi connectivity index (χ2n) is 3.94. The van der Waals surface area contributed by atoms with E-state index in [9.17, 15) is 18.0 Å². The van der Waals surface area contributed by atoms with Crippen LogP contribution in [0.25, 0.3) is 10.2 Å². The van der Waals surface area contributed by atoms with Gasteiger partial charge in [-0.15, -0.1) is 11.3 Å². The quantitative estimate of drug-likeness (QED) is 0.859. The van der Waals surface area contributed by atoms with Crippen molar-refractivity contribution in [2.24, 2.45) is 0 Å². The van der Waals surface area contributed by atoms with Gasteiger partial charge in [0.1, 0.15) is 4.70 Å². The number of hydrogen-bond acceptors (Lipinski definition) is 3. The molecule has 2 heterocycles. The lowest BCUT2D eigenvalue weighted by Crippen LogP contribution is -2.27. The second-order valence-corrected chi connectivity index (χ2v) is 5.24. The Balaban J connectivity index is 2.57. The van der Waals surface area contributed by atoms with Gasteiger partial charge in [0.15, 0.2) is 4.77 Å². The van der Waals surface area contributed by atoms with Crippen molar-refractivity contribution in [1.82, 2.24) is 9.55 Å². The van der Waals surface area contributed by atoms with Crippen LogP contribution in [0.5, 0.6) is 0 Å². The number of alkyl halides is 3.